The number of aryl methyl sites for hydroxylation is 2. The Kier molecular flexibility index (Phi) is 8.55. The van der Waals surface area contributed by atoms with Crippen molar-refractivity contribution in [3.8, 4) is 5.75 Å². The number of rotatable bonds is 11. The summed E-state index contributed by atoms with van der Waals surface area (Å²) >= 11 is 0. The molecule has 0 atom stereocenters. The fourth-order valence-electron chi connectivity index (χ4n) is 3.23. The number of hydrogen-bond acceptors (Lipinski definition) is 3. The lowest BCUT2D eigenvalue weighted by molar-refractivity contribution is -0.121. The van der Waals surface area contributed by atoms with Crippen LogP contribution in [0.5, 0.6) is 5.75 Å². The van der Waals surface area contributed by atoms with E-state index in [9.17, 15) is 4.79 Å². The predicted molar refractivity (Wildman–Crippen MR) is 114 cm³/mol. The number of hydrogen-bond donors (Lipinski definition) is 1. The molecule has 1 amide bonds. The Morgan fingerprint density at radius 2 is 1.86 bits per heavy atom. The molecule has 0 aliphatic carbocycles. The third-order valence-corrected chi connectivity index (χ3v) is 4.85. The van der Waals surface area contributed by atoms with Crippen molar-refractivity contribution in [2.45, 2.75) is 66.8 Å². The van der Waals surface area contributed by atoms with Gasteiger partial charge < -0.3 is 10.1 Å². The molecule has 154 valence electrons. The molecule has 0 radical (unpaired) electrons. The van der Waals surface area contributed by atoms with Crippen molar-refractivity contribution in [2.75, 3.05) is 13.2 Å². The van der Waals surface area contributed by atoms with Crippen molar-refractivity contribution in [3.63, 3.8) is 0 Å². The fraction of sp³-hybridized carbons (Fsp3) is 0.565. The second-order valence-corrected chi connectivity index (χ2v) is 7.94. The monoisotopic (exact) mass is 385 g/mol. The minimum absolute atomic E-state index is 0.106. The summed E-state index contributed by atoms with van der Waals surface area (Å²) in [5.41, 5.74) is 4.67. The Bertz CT molecular complexity index is 748. The Balaban J connectivity index is 1.62. The molecule has 0 aliphatic rings. The van der Waals surface area contributed by atoms with Crippen LogP contribution in [0.15, 0.2) is 24.3 Å². The molecule has 0 unspecified atom stereocenters. The maximum absolute atomic E-state index is 12.1. The summed E-state index contributed by atoms with van der Waals surface area (Å²) in [7, 11) is 0. The largest absolute Gasteiger partial charge is 0.494 e. The summed E-state index contributed by atoms with van der Waals surface area (Å²) in [6, 6.07) is 8.08. The second-order valence-electron chi connectivity index (χ2n) is 7.94. The molecular formula is C23H35N3O2. The average molecular weight is 386 g/mol. The third-order valence-electron chi connectivity index (χ3n) is 4.85. The molecule has 1 heterocycles. The number of carbonyl (C=O) groups is 1. The molecule has 1 aromatic carbocycles. The van der Waals surface area contributed by atoms with Crippen molar-refractivity contribution in [3.05, 3.63) is 46.8 Å². The Labute approximate surface area is 169 Å². The summed E-state index contributed by atoms with van der Waals surface area (Å²) in [6.07, 6.45) is 3.10. The molecular weight excluding hydrogens is 350 g/mol. The third kappa shape index (κ3) is 7.02. The van der Waals surface area contributed by atoms with Gasteiger partial charge in [0.15, 0.2) is 0 Å². The molecule has 5 nitrogen and oxygen atoms in total. The van der Waals surface area contributed by atoms with Crippen LogP contribution in [-0.2, 0) is 17.8 Å². The van der Waals surface area contributed by atoms with Gasteiger partial charge in [0, 0.05) is 25.2 Å². The van der Waals surface area contributed by atoms with Crippen LogP contribution in [-0.4, -0.2) is 28.8 Å². The van der Waals surface area contributed by atoms with Crippen LogP contribution in [0.2, 0.25) is 0 Å². The highest BCUT2D eigenvalue weighted by molar-refractivity contribution is 5.76. The normalized spacial score (nSPS) is 11.1. The molecule has 0 saturated heterocycles. The molecule has 0 aliphatic heterocycles. The van der Waals surface area contributed by atoms with E-state index in [-0.39, 0.29) is 5.91 Å². The van der Waals surface area contributed by atoms with Gasteiger partial charge in [0.25, 0.3) is 0 Å². The lowest BCUT2D eigenvalue weighted by atomic mass is 10.1. The summed E-state index contributed by atoms with van der Waals surface area (Å²) in [5, 5.41) is 7.64. The zero-order chi connectivity index (χ0) is 20.5. The maximum atomic E-state index is 12.1. The molecule has 1 N–H and O–H groups in total. The number of amides is 1. The van der Waals surface area contributed by atoms with Crippen molar-refractivity contribution >= 4 is 5.91 Å². The van der Waals surface area contributed by atoms with Gasteiger partial charge in [-0.15, -0.1) is 0 Å². The number of nitrogens with zero attached hydrogens (tertiary/aromatic N) is 2. The lowest BCUT2D eigenvalue weighted by Crippen LogP contribution is -2.25. The standard InChI is InChI=1S/C23H35N3O2/c1-17(2)16-26-20(5)22(19(4)25-26)12-13-23(27)24-14-6-7-15-28-21-10-8-18(3)9-11-21/h8-11,17H,6-7,12-16H2,1-5H3,(H,24,27). The van der Waals surface area contributed by atoms with Crippen molar-refractivity contribution in [2.24, 2.45) is 5.92 Å². The van der Waals surface area contributed by atoms with Crippen LogP contribution in [0.25, 0.3) is 0 Å². The summed E-state index contributed by atoms with van der Waals surface area (Å²) in [4.78, 5) is 12.1. The maximum Gasteiger partial charge on any atom is 0.220 e. The summed E-state index contributed by atoms with van der Waals surface area (Å²) in [5.74, 6) is 1.57. The first-order chi connectivity index (χ1) is 13.4. The molecule has 2 rings (SSSR count). The van der Waals surface area contributed by atoms with E-state index in [0.717, 1.165) is 37.3 Å². The topological polar surface area (TPSA) is 56.1 Å². The van der Waals surface area contributed by atoms with Crippen molar-refractivity contribution in [1.29, 1.82) is 0 Å². The van der Waals surface area contributed by atoms with E-state index in [0.29, 0.717) is 25.5 Å². The minimum atomic E-state index is 0.106. The van der Waals surface area contributed by atoms with E-state index in [1.54, 1.807) is 0 Å². The molecule has 0 bridgehead atoms. The Morgan fingerprint density at radius 1 is 1.14 bits per heavy atom. The summed E-state index contributed by atoms with van der Waals surface area (Å²) < 4.78 is 7.78. The second kappa shape index (κ2) is 10.9. The zero-order valence-electron chi connectivity index (χ0n) is 18.0. The van der Waals surface area contributed by atoms with E-state index in [1.165, 1.54) is 16.8 Å². The smallest absolute Gasteiger partial charge is 0.220 e. The Hall–Kier alpha value is -2.30. The van der Waals surface area contributed by atoms with Gasteiger partial charge in [-0.05, 0) is 63.6 Å². The number of benzene rings is 1. The number of unbranched alkanes of at least 4 members (excludes halogenated alkanes) is 1. The zero-order valence-corrected chi connectivity index (χ0v) is 18.0. The van der Waals surface area contributed by atoms with Gasteiger partial charge in [-0.1, -0.05) is 31.5 Å². The number of aromatic nitrogens is 2. The highest BCUT2D eigenvalue weighted by Gasteiger charge is 2.13. The average Bonchev–Trinajstić information content (AvgIpc) is 2.90. The van der Waals surface area contributed by atoms with E-state index in [4.69, 9.17) is 4.74 Å². The van der Waals surface area contributed by atoms with Gasteiger partial charge >= 0.3 is 0 Å². The van der Waals surface area contributed by atoms with Crippen LogP contribution < -0.4 is 10.1 Å². The molecule has 28 heavy (non-hydrogen) atoms. The first-order valence-electron chi connectivity index (χ1n) is 10.4. The van der Waals surface area contributed by atoms with Crippen LogP contribution in [0.3, 0.4) is 0 Å². The number of carbonyl (C=O) groups excluding carboxylic acids is 1. The molecule has 5 heteroatoms. The minimum Gasteiger partial charge on any atom is -0.494 e. The quantitative estimate of drug-likeness (QED) is 0.584. The van der Waals surface area contributed by atoms with Crippen LogP contribution in [0.1, 0.15) is 55.6 Å². The molecule has 0 spiro atoms. The first kappa shape index (κ1) is 22.0. The summed E-state index contributed by atoms with van der Waals surface area (Å²) in [6.45, 7) is 12.9. The number of ether oxygens (including phenoxy) is 1. The lowest BCUT2D eigenvalue weighted by Gasteiger charge is -2.09. The fourth-order valence-corrected chi connectivity index (χ4v) is 3.23. The van der Waals surface area contributed by atoms with E-state index in [2.05, 4.69) is 42.8 Å². The van der Waals surface area contributed by atoms with E-state index < -0.39 is 0 Å². The number of nitrogens with one attached hydrogen (secondary N) is 1. The van der Waals surface area contributed by atoms with Gasteiger partial charge in [-0.2, -0.15) is 5.10 Å². The predicted octanol–water partition coefficient (Wildman–Crippen LogP) is 4.37. The molecule has 2 aromatic rings. The molecule has 0 saturated carbocycles. The van der Waals surface area contributed by atoms with Crippen LogP contribution in [0.4, 0.5) is 0 Å². The van der Waals surface area contributed by atoms with Crippen molar-refractivity contribution < 1.29 is 9.53 Å². The first-order valence-corrected chi connectivity index (χ1v) is 10.4. The van der Waals surface area contributed by atoms with Gasteiger partial charge in [-0.3, -0.25) is 9.48 Å². The highest BCUT2D eigenvalue weighted by atomic mass is 16.5. The molecule has 1 aromatic heterocycles. The highest BCUT2D eigenvalue weighted by Crippen LogP contribution is 2.16. The van der Waals surface area contributed by atoms with E-state index in [1.807, 2.05) is 31.2 Å². The molecule has 0 fully saturated rings. The van der Waals surface area contributed by atoms with Gasteiger partial charge in [0.2, 0.25) is 5.91 Å². The SMILES string of the molecule is Cc1ccc(OCCCCNC(=O)CCc2c(C)nn(CC(C)C)c2C)cc1. The van der Waals surface area contributed by atoms with Gasteiger partial charge in [0.1, 0.15) is 5.75 Å². The Morgan fingerprint density at radius 3 is 2.54 bits per heavy atom. The van der Waals surface area contributed by atoms with Crippen molar-refractivity contribution in [1.82, 2.24) is 15.1 Å². The van der Waals surface area contributed by atoms with Crippen LogP contribution >= 0.6 is 0 Å². The van der Waals surface area contributed by atoms with E-state index >= 15 is 0 Å². The van der Waals surface area contributed by atoms with Gasteiger partial charge in [0.05, 0.1) is 12.3 Å². The van der Waals surface area contributed by atoms with Gasteiger partial charge in [-0.25, -0.2) is 0 Å². The van der Waals surface area contributed by atoms with Crippen LogP contribution in [0, 0.1) is 26.7 Å².